The predicted molar refractivity (Wildman–Crippen MR) is 65.2 cm³/mol. The number of hydrogen-bond acceptors (Lipinski definition) is 3. The van der Waals surface area contributed by atoms with Gasteiger partial charge < -0.3 is 10.1 Å². The monoisotopic (exact) mass is 235 g/mol. The number of carbonyl (C=O) groups is 2. The van der Waals surface area contributed by atoms with Crippen molar-refractivity contribution < 1.29 is 14.3 Å². The molecule has 1 rings (SSSR count). The average Bonchev–Trinajstić information content (AvgIpc) is 2.35. The zero-order valence-electron chi connectivity index (χ0n) is 10.3. The van der Waals surface area contributed by atoms with Crippen molar-refractivity contribution in [1.82, 2.24) is 5.32 Å². The maximum atomic E-state index is 12.1. The molecule has 1 amide bonds. The van der Waals surface area contributed by atoms with E-state index in [-0.39, 0.29) is 11.7 Å². The van der Waals surface area contributed by atoms with Crippen molar-refractivity contribution in [2.75, 3.05) is 7.11 Å². The molecule has 92 valence electrons. The van der Waals surface area contributed by atoms with E-state index in [0.717, 1.165) is 0 Å². The number of ketones is 1. The van der Waals surface area contributed by atoms with E-state index in [1.165, 1.54) is 6.92 Å². The van der Waals surface area contributed by atoms with Gasteiger partial charge in [-0.15, -0.1) is 0 Å². The summed E-state index contributed by atoms with van der Waals surface area (Å²) in [6.45, 7) is 3.27. The highest BCUT2D eigenvalue weighted by atomic mass is 16.5. The normalized spacial score (nSPS) is 11.7. The maximum absolute atomic E-state index is 12.1. The van der Waals surface area contributed by atoms with Crippen LogP contribution >= 0.6 is 0 Å². The summed E-state index contributed by atoms with van der Waals surface area (Å²) >= 11 is 0. The van der Waals surface area contributed by atoms with Crippen molar-refractivity contribution >= 4 is 11.7 Å². The Hall–Kier alpha value is -1.84. The van der Waals surface area contributed by atoms with Gasteiger partial charge in [0.1, 0.15) is 5.75 Å². The first-order chi connectivity index (χ1) is 8.08. The second-order valence-electron chi connectivity index (χ2n) is 3.75. The molecule has 4 nitrogen and oxygen atoms in total. The number of Topliss-reactive ketones (excluding diaryl/α,β-unsaturated/α-hetero) is 1. The third kappa shape index (κ3) is 3.59. The summed E-state index contributed by atoms with van der Waals surface area (Å²) < 4.78 is 5.02. The molecule has 0 heterocycles. The highest BCUT2D eigenvalue weighted by Gasteiger charge is 2.18. The van der Waals surface area contributed by atoms with Gasteiger partial charge in [0, 0.05) is 12.5 Å². The number of rotatable bonds is 5. The van der Waals surface area contributed by atoms with Gasteiger partial charge in [-0.3, -0.25) is 9.59 Å². The molecular formula is C13H17NO3. The molecule has 17 heavy (non-hydrogen) atoms. The fourth-order valence-electron chi connectivity index (χ4n) is 1.55. The first-order valence-corrected chi connectivity index (χ1v) is 5.53. The smallest absolute Gasteiger partial charge is 0.217 e. The zero-order chi connectivity index (χ0) is 12.8. The fraction of sp³-hybridized carbons (Fsp3) is 0.385. The Balaban J connectivity index is 2.82. The summed E-state index contributed by atoms with van der Waals surface area (Å²) in [7, 11) is 1.57. The van der Waals surface area contributed by atoms with Crippen LogP contribution in [-0.2, 0) is 4.79 Å². The molecule has 0 aliphatic heterocycles. The van der Waals surface area contributed by atoms with Crippen LogP contribution in [0.4, 0.5) is 0 Å². The largest absolute Gasteiger partial charge is 0.497 e. The second kappa shape index (κ2) is 6.03. The van der Waals surface area contributed by atoms with E-state index in [9.17, 15) is 9.59 Å². The van der Waals surface area contributed by atoms with Gasteiger partial charge >= 0.3 is 0 Å². The number of benzene rings is 1. The fourth-order valence-corrected chi connectivity index (χ4v) is 1.55. The summed E-state index contributed by atoms with van der Waals surface area (Å²) in [5.41, 5.74) is 0.575. The molecule has 1 atom stereocenters. The van der Waals surface area contributed by atoms with Crippen LogP contribution in [0, 0.1) is 0 Å². The van der Waals surface area contributed by atoms with Crippen molar-refractivity contribution in [3.05, 3.63) is 29.8 Å². The topological polar surface area (TPSA) is 55.4 Å². The molecule has 0 bridgehead atoms. The molecule has 0 aliphatic carbocycles. The molecule has 0 aliphatic rings. The van der Waals surface area contributed by atoms with Gasteiger partial charge in [0.15, 0.2) is 5.78 Å². The van der Waals surface area contributed by atoms with E-state index >= 15 is 0 Å². The molecule has 0 saturated carbocycles. The molecule has 1 aromatic rings. The Morgan fingerprint density at radius 2 is 1.88 bits per heavy atom. The van der Waals surface area contributed by atoms with Crippen LogP contribution in [0.5, 0.6) is 5.75 Å². The van der Waals surface area contributed by atoms with Crippen molar-refractivity contribution in [3.63, 3.8) is 0 Å². The minimum Gasteiger partial charge on any atom is -0.497 e. The lowest BCUT2D eigenvalue weighted by Gasteiger charge is -2.14. The summed E-state index contributed by atoms with van der Waals surface area (Å²) in [6, 6.07) is 6.40. The van der Waals surface area contributed by atoms with Crippen molar-refractivity contribution in [3.8, 4) is 5.75 Å². The second-order valence-corrected chi connectivity index (χ2v) is 3.75. The number of methoxy groups -OCH3 is 1. The quantitative estimate of drug-likeness (QED) is 0.792. The van der Waals surface area contributed by atoms with Gasteiger partial charge in [-0.05, 0) is 30.7 Å². The number of hydrogen-bond donors (Lipinski definition) is 1. The molecule has 0 saturated heterocycles. The van der Waals surface area contributed by atoms with Gasteiger partial charge in [-0.1, -0.05) is 6.92 Å². The third-order valence-electron chi connectivity index (χ3n) is 2.48. The number of ether oxygens (including phenoxy) is 1. The minimum atomic E-state index is -0.458. The van der Waals surface area contributed by atoms with Crippen LogP contribution < -0.4 is 10.1 Å². The Morgan fingerprint density at radius 1 is 1.29 bits per heavy atom. The van der Waals surface area contributed by atoms with Crippen molar-refractivity contribution in [2.24, 2.45) is 0 Å². The highest BCUT2D eigenvalue weighted by molar-refractivity contribution is 6.01. The lowest BCUT2D eigenvalue weighted by Crippen LogP contribution is -2.39. The molecule has 4 heteroatoms. The lowest BCUT2D eigenvalue weighted by molar-refractivity contribution is -0.119. The average molecular weight is 235 g/mol. The van der Waals surface area contributed by atoms with Gasteiger partial charge in [0.25, 0.3) is 0 Å². The van der Waals surface area contributed by atoms with Crippen LogP contribution in [0.1, 0.15) is 30.6 Å². The molecule has 1 N–H and O–H groups in total. The number of nitrogens with one attached hydrogen (secondary N) is 1. The first-order valence-electron chi connectivity index (χ1n) is 5.53. The Kier molecular flexibility index (Phi) is 4.69. The molecule has 0 radical (unpaired) electrons. The van der Waals surface area contributed by atoms with Gasteiger partial charge in [-0.25, -0.2) is 0 Å². The van der Waals surface area contributed by atoms with Crippen molar-refractivity contribution in [1.29, 1.82) is 0 Å². The summed E-state index contributed by atoms with van der Waals surface area (Å²) in [4.78, 5) is 23.0. The third-order valence-corrected chi connectivity index (χ3v) is 2.48. The van der Waals surface area contributed by atoms with E-state index in [1.54, 1.807) is 31.4 Å². The minimum absolute atomic E-state index is 0.0784. The Morgan fingerprint density at radius 3 is 2.29 bits per heavy atom. The van der Waals surface area contributed by atoms with Crippen molar-refractivity contribution in [2.45, 2.75) is 26.3 Å². The van der Waals surface area contributed by atoms with E-state index in [0.29, 0.717) is 17.7 Å². The first kappa shape index (κ1) is 13.2. The van der Waals surface area contributed by atoms with Crippen LogP contribution in [-0.4, -0.2) is 24.8 Å². The zero-order valence-corrected chi connectivity index (χ0v) is 10.3. The highest BCUT2D eigenvalue weighted by Crippen LogP contribution is 2.13. The molecule has 0 spiro atoms. The van der Waals surface area contributed by atoms with Gasteiger partial charge in [0.05, 0.1) is 13.2 Å². The van der Waals surface area contributed by atoms with E-state index in [2.05, 4.69) is 5.32 Å². The predicted octanol–water partition coefficient (Wildman–Crippen LogP) is 1.79. The van der Waals surface area contributed by atoms with Gasteiger partial charge in [-0.2, -0.15) is 0 Å². The Labute approximate surface area is 101 Å². The maximum Gasteiger partial charge on any atom is 0.217 e. The standard InChI is InChI=1S/C13H17NO3/c1-4-12(14-9(2)15)13(16)10-5-7-11(17-3)8-6-10/h5-8,12H,4H2,1-3H3,(H,14,15)/t12-/m0/s1. The lowest BCUT2D eigenvalue weighted by atomic mass is 10.0. The Bertz CT molecular complexity index is 398. The number of amides is 1. The van der Waals surface area contributed by atoms with Crippen LogP contribution in [0.2, 0.25) is 0 Å². The van der Waals surface area contributed by atoms with E-state index < -0.39 is 6.04 Å². The van der Waals surface area contributed by atoms with E-state index in [4.69, 9.17) is 4.74 Å². The SMILES string of the molecule is CC[C@H](NC(C)=O)C(=O)c1ccc(OC)cc1. The summed E-state index contributed by atoms with van der Waals surface area (Å²) in [6.07, 6.45) is 0.574. The van der Waals surface area contributed by atoms with Crippen LogP contribution in [0.15, 0.2) is 24.3 Å². The summed E-state index contributed by atoms with van der Waals surface area (Å²) in [5, 5.41) is 2.64. The molecule has 0 unspecified atom stereocenters. The van der Waals surface area contributed by atoms with Crippen LogP contribution in [0.3, 0.4) is 0 Å². The molecule has 0 aromatic heterocycles. The summed E-state index contributed by atoms with van der Waals surface area (Å²) in [5.74, 6) is 0.429. The van der Waals surface area contributed by atoms with E-state index in [1.807, 2.05) is 6.92 Å². The van der Waals surface area contributed by atoms with Crippen LogP contribution in [0.25, 0.3) is 0 Å². The number of carbonyl (C=O) groups excluding carboxylic acids is 2. The molecule has 0 fully saturated rings. The molecular weight excluding hydrogens is 218 g/mol. The van der Waals surface area contributed by atoms with Gasteiger partial charge in [0.2, 0.25) is 5.91 Å². The molecule has 1 aromatic carbocycles.